The van der Waals surface area contributed by atoms with Gasteiger partial charge in [-0.1, -0.05) is 0 Å². The van der Waals surface area contributed by atoms with Crippen LogP contribution in [0.2, 0.25) is 0 Å². The molecule has 0 aliphatic heterocycles. The Morgan fingerprint density at radius 2 is 2.28 bits per heavy atom. The number of nitrogens with zero attached hydrogens (tertiary/aromatic N) is 2. The zero-order chi connectivity index (χ0) is 13.0. The van der Waals surface area contributed by atoms with Gasteiger partial charge in [-0.2, -0.15) is 0 Å². The summed E-state index contributed by atoms with van der Waals surface area (Å²) in [6.07, 6.45) is 1.65. The molecule has 0 saturated heterocycles. The highest BCUT2D eigenvalue weighted by Crippen LogP contribution is 2.32. The molecule has 6 heteroatoms. The third kappa shape index (κ3) is 2.60. The van der Waals surface area contributed by atoms with Gasteiger partial charge in [0.25, 0.3) is 5.69 Å². The van der Waals surface area contributed by atoms with Crippen molar-refractivity contribution in [2.75, 3.05) is 19.5 Å². The molecule has 1 aromatic carbocycles. The fourth-order valence-corrected chi connectivity index (χ4v) is 2.58. The summed E-state index contributed by atoms with van der Waals surface area (Å²) in [4.78, 5) is 15.7. The number of rotatable bonds is 5. The number of ether oxygens (including phenoxy) is 1. The van der Waals surface area contributed by atoms with Crippen molar-refractivity contribution in [1.29, 1.82) is 0 Å². The van der Waals surface area contributed by atoms with Crippen molar-refractivity contribution in [3.05, 3.63) is 40.6 Å². The molecule has 94 valence electrons. The molecule has 0 fully saturated rings. The van der Waals surface area contributed by atoms with E-state index in [4.69, 9.17) is 4.74 Å². The van der Waals surface area contributed by atoms with Gasteiger partial charge in [-0.15, -0.1) is 11.8 Å². The number of non-ortho nitro benzene ring substituents is 1. The molecular weight excluding hydrogens is 252 g/mol. The fraction of sp³-hybridized carbons (Fsp3) is 0.250. The van der Waals surface area contributed by atoms with E-state index in [1.54, 1.807) is 43.3 Å². The minimum atomic E-state index is -0.381. The predicted octanol–water partition coefficient (Wildman–Crippen LogP) is 2.88. The Kier molecular flexibility index (Phi) is 4.11. The van der Waals surface area contributed by atoms with Crippen LogP contribution in [0.15, 0.2) is 35.4 Å². The van der Waals surface area contributed by atoms with Gasteiger partial charge in [-0.3, -0.25) is 15.1 Å². The lowest BCUT2D eigenvalue weighted by Crippen LogP contribution is -1.94. The SMILES string of the molecule is COCCSc1ccc([N+](=O)[O-])c2cccnc12. The van der Waals surface area contributed by atoms with Crippen LogP contribution in [0.25, 0.3) is 10.9 Å². The highest BCUT2D eigenvalue weighted by molar-refractivity contribution is 7.99. The molecule has 0 radical (unpaired) electrons. The lowest BCUT2D eigenvalue weighted by atomic mass is 10.2. The van der Waals surface area contributed by atoms with E-state index in [9.17, 15) is 10.1 Å². The molecule has 0 saturated carbocycles. The number of nitro benzene ring substituents is 1. The molecule has 0 unspecified atom stereocenters. The number of hydrogen-bond acceptors (Lipinski definition) is 5. The first-order valence-corrected chi connectivity index (χ1v) is 6.36. The van der Waals surface area contributed by atoms with Gasteiger partial charge in [0.2, 0.25) is 0 Å². The van der Waals surface area contributed by atoms with Crippen LogP contribution in [0.1, 0.15) is 0 Å². The summed E-state index contributed by atoms with van der Waals surface area (Å²) in [7, 11) is 1.65. The molecule has 0 bridgehead atoms. The molecule has 5 nitrogen and oxygen atoms in total. The highest BCUT2D eigenvalue weighted by Gasteiger charge is 2.14. The number of thioether (sulfide) groups is 1. The van der Waals surface area contributed by atoms with Gasteiger partial charge in [0, 0.05) is 30.0 Å². The number of pyridine rings is 1. The van der Waals surface area contributed by atoms with E-state index in [0.29, 0.717) is 17.5 Å². The molecule has 0 amide bonds. The van der Waals surface area contributed by atoms with E-state index < -0.39 is 0 Å². The smallest absolute Gasteiger partial charge is 0.278 e. The first kappa shape index (κ1) is 12.8. The Labute approximate surface area is 108 Å². The first-order chi connectivity index (χ1) is 8.74. The van der Waals surface area contributed by atoms with Crippen LogP contribution in [-0.2, 0) is 4.74 Å². The maximum atomic E-state index is 10.9. The Balaban J connectivity index is 2.44. The zero-order valence-electron chi connectivity index (χ0n) is 9.83. The second kappa shape index (κ2) is 5.79. The van der Waals surface area contributed by atoms with Crippen molar-refractivity contribution < 1.29 is 9.66 Å². The monoisotopic (exact) mass is 264 g/mol. The Morgan fingerprint density at radius 1 is 1.44 bits per heavy atom. The number of methoxy groups -OCH3 is 1. The van der Waals surface area contributed by atoms with Crippen LogP contribution in [0.3, 0.4) is 0 Å². The van der Waals surface area contributed by atoms with Crippen molar-refractivity contribution in [3.63, 3.8) is 0 Å². The van der Waals surface area contributed by atoms with Crippen molar-refractivity contribution >= 4 is 28.4 Å². The summed E-state index contributed by atoms with van der Waals surface area (Å²) >= 11 is 1.58. The third-order valence-electron chi connectivity index (χ3n) is 2.45. The summed E-state index contributed by atoms with van der Waals surface area (Å²) in [5.74, 6) is 0.792. The van der Waals surface area contributed by atoms with Gasteiger partial charge in [0.1, 0.15) is 0 Å². The van der Waals surface area contributed by atoms with Crippen molar-refractivity contribution in [3.8, 4) is 0 Å². The zero-order valence-corrected chi connectivity index (χ0v) is 10.6. The van der Waals surface area contributed by atoms with E-state index in [1.165, 1.54) is 6.07 Å². The van der Waals surface area contributed by atoms with Crippen LogP contribution in [0, 0.1) is 10.1 Å². The second-order valence-electron chi connectivity index (χ2n) is 3.58. The quantitative estimate of drug-likeness (QED) is 0.359. The normalized spacial score (nSPS) is 10.7. The average Bonchev–Trinajstić information content (AvgIpc) is 2.38. The van der Waals surface area contributed by atoms with Crippen LogP contribution >= 0.6 is 11.8 Å². The second-order valence-corrected chi connectivity index (χ2v) is 4.72. The number of aromatic nitrogens is 1. The maximum Gasteiger partial charge on any atom is 0.278 e. The maximum absolute atomic E-state index is 10.9. The molecule has 0 N–H and O–H groups in total. The highest BCUT2D eigenvalue weighted by atomic mass is 32.2. The third-order valence-corrected chi connectivity index (χ3v) is 3.46. The minimum Gasteiger partial charge on any atom is -0.384 e. The molecule has 0 aliphatic carbocycles. The van der Waals surface area contributed by atoms with Gasteiger partial charge < -0.3 is 4.74 Å². The Hall–Kier alpha value is -1.66. The molecule has 2 aromatic rings. The summed E-state index contributed by atoms with van der Waals surface area (Å²) in [6, 6.07) is 6.70. The lowest BCUT2D eigenvalue weighted by Gasteiger charge is -2.05. The van der Waals surface area contributed by atoms with Gasteiger partial charge in [-0.05, 0) is 18.2 Å². The van der Waals surface area contributed by atoms with Crippen molar-refractivity contribution in [1.82, 2.24) is 4.98 Å². The minimum absolute atomic E-state index is 0.0918. The largest absolute Gasteiger partial charge is 0.384 e. The summed E-state index contributed by atoms with van der Waals surface area (Å²) < 4.78 is 4.99. The molecule has 1 heterocycles. The van der Waals surface area contributed by atoms with E-state index in [-0.39, 0.29) is 10.6 Å². The van der Waals surface area contributed by atoms with Crippen LogP contribution < -0.4 is 0 Å². The summed E-state index contributed by atoms with van der Waals surface area (Å²) in [5, 5.41) is 11.5. The summed E-state index contributed by atoms with van der Waals surface area (Å²) in [5.41, 5.74) is 0.766. The fourth-order valence-electron chi connectivity index (χ4n) is 1.64. The molecule has 0 aliphatic rings. The number of fused-ring (bicyclic) bond motifs is 1. The standard InChI is InChI=1S/C12H12N2O3S/c1-17-7-8-18-11-5-4-10(14(15)16)9-3-2-6-13-12(9)11/h2-6H,7-8H2,1H3. The lowest BCUT2D eigenvalue weighted by molar-refractivity contribution is -0.383. The van der Waals surface area contributed by atoms with E-state index >= 15 is 0 Å². The van der Waals surface area contributed by atoms with Gasteiger partial charge >= 0.3 is 0 Å². The summed E-state index contributed by atoms with van der Waals surface area (Å²) in [6.45, 7) is 0.635. The van der Waals surface area contributed by atoms with Crippen molar-refractivity contribution in [2.45, 2.75) is 4.90 Å². The van der Waals surface area contributed by atoms with E-state index in [0.717, 1.165) is 10.6 Å². The molecular formula is C12H12N2O3S. The van der Waals surface area contributed by atoms with Gasteiger partial charge in [-0.25, -0.2) is 0 Å². The average molecular weight is 264 g/mol. The Morgan fingerprint density at radius 3 is 3.00 bits per heavy atom. The molecule has 0 atom stereocenters. The van der Waals surface area contributed by atoms with E-state index in [1.807, 2.05) is 0 Å². The molecule has 18 heavy (non-hydrogen) atoms. The molecule has 2 rings (SSSR count). The number of hydrogen-bond donors (Lipinski definition) is 0. The van der Waals surface area contributed by atoms with Crippen LogP contribution in [-0.4, -0.2) is 29.4 Å². The number of benzene rings is 1. The molecule has 1 aromatic heterocycles. The van der Waals surface area contributed by atoms with Gasteiger partial charge in [0.15, 0.2) is 0 Å². The van der Waals surface area contributed by atoms with Crippen LogP contribution in [0.4, 0.5) is 5.69 Å². The predicted molar refractivity (Wildman–Crippen MR) is 71.0 cm³/mol. The first-order valence-electron chi connectivity index (χ1n) is 5.38. The van der Waals surface area contributed by atoms with Crippen molar-refractivity contribution in [2.24, 2.45) is 0 Å². The van der Waals surface area contributed by atoms with Gasteiger partial charge in [0.05, 0.1) is 22.4 Å². The topological polar surface area (TPSA) is 65.3 Å². The number of nitro groups is 1. The Bertz CT molecular complexity index is 574. The van der Waals surface area contributed by atoms with Crippen LogP contribution in [0.5, 0.6) is 0 Å². The van der Waals surface area contributed by atoms with E-state index in [2.05, 4.69) is 4.98 Å². The molecule has 0 spiro atoms.